The zero-order valence-electron chi connectivity index (χ0n) is 63.4. The lowest BCUT2D eigenvalue weighted by Gasteiger charge is -2.21. The Balaban J connectivity index is 5.38. The van der Waals surface area contributed by atoms with Crippen LogP contribution in [0.1, 0.15) is 349 Å². The average molecular weight is 1450 g/mol. The van der Waals surface area contributed by atoms with E-state index in [4.69, 9.17) is 37.0 Å². The van der Waals surface area contributed by atoms with Gasteiger partial charge in [0.05, 0.1) is 26.4 Å². The summed E-state index contributed by atoms with van der Waals surface area (Å²) in [5, 5.41) is 10.6. The summed E-state index contributed by atoms with van der Waals surface area (Å²) in [6.45, 7) is 4.78. The lowest BCUT2D eigenvalue weighted by molar-refractivity contribution is -0.161. The monoisotopic (exact) mass is 1450 g/mol. The van der Waals surface area contributed by atoms with Crippen LogP contribution in [-0.2, 0) is 65.4 Å². The highest BCUT2D eigenvalue weighted by Gasteiger charge is 2.30. The largest absolute Gasteiger partial charge is 0.472 e. The molecule has 19 heteroatoms. The molecule has 0 rings (SSSR count). The van der Waals surface area contributed by atoms with Crippen molar-refractivity contribution in [3.63, 3.8) is 0 Å². The van der Waals surface area contributed by atoms with Crippen molar-refractivity contribution in [3.8, 4) is 0 Å². The normalized spacial score (nSPS) is 14.3. The lowest BCUT2D eigenvalue weighted by atomic mass is 10.1. The number of hydrogen-bond donors (Lipinski definition) is 3. The molecule has 0 aliphatic carbocycles. The van der Waals surface area contributed by atoms with Gasteiger partial charge in [0, 0.05) is 25.7 Å². The van der Waals surface area contributed by atoms with Crippen molar-refractivity contribution in [2.45, 2.75) is 367 Å². The highest BCUT2D eigenvalue weighted by Crippen LogP contribution is 2.45. The van der Waals surface area contributed by atoms with E-state index in [9.17, 15) is 43.2 Å². The first kappa shape index (κ1) is 96.2. The molecule has 100 heavy (non-hydrogen) atoms. The van der Waals surface area contributed by atoms with Crippen molar-refractivity contribution in [1.82, 2.24) is 0 Å². The van der Waals surface area contributed by atoms with Gasteiger partial charge in [-0.05, 0) is 141 Å². The molecule has 0 bridgehead atoms. The summed E-state index contributed by atoms with van der Waals surface area (Å²) in [4.78, 5) is 73.0. The van der Waals surface area contributed by atoms with Gasteiger partial charge in [0.2, 0.25) is 0 Å². The summed E-state index contributed by atoms with van der Waals surface area (Å²) in [7, 11) is -9.96. The van der Waals surface area contributed by atoms with Crippen LogP contribution < -0.4 is 0 Å². The first-order valence-corrected chi connectivity index (χ1v) is 42.8. The fraction of sp³-hybridized carbons (Fsp3) is 0.778. The number of ether oxygens (including phenoxy) is 4. The van der Waals surface area contributed by atoms with Gasteiger partial charge in [-0.1, -0.05) is 267 Å². The third-order valence-corrected chi connectivity index (χ3v) is 18.7. The Labute approximate surface area is 608 Å². The molecule has 0 aromatic heterocycles. The lowest BCUT2D eigenvalue weighted by Crippen LogP contribution is -2.30. The Morgan fingerprint density at radius 1 is 0.290 bits per heavy atom. The van der Waals surface area contributed by atoms with Crippen LogP contribution in [0.2, 0.25) is 0 Å². The van der Waals surface area contributed by atoms with E-state index in [1.54, 1.807) is 0 Å². The predicted molar refractivity (Wildman–Crippen MR) is 409 cm³/mol. The van der Waals surface area contributed by atoms with Crippen molar-refractivity contribution in [3.05, 3.63) is 85.1 Å². The number of hydrogen-bond acceptors (Lipinski definition) is 15. The van der Waals surface area contributed by atoms with Crippen molar-refractivity contribution >= 4 is 39.5 Å². The molecule has 5 atom stereocenters. The van der Waals surface area contributed by atoms with Gasteiger partial charge < -0.3 is 33.8 Å². The van der Waals surface area contributed by atoms with E-state index in [0.717, 1.165) is 167 Å². The highest BCUT2D eigenvalue weighted by molar-refractivity contribution is 7.47. The molecule has 0 aliphatic rings. The highest BCUT2D eigenvalue weighted by atomic mass is 31.2. The summed E-state index contributed by atoms with van der Waals surface area (Å²) >= 11 is 0. The Bertz CT molecular complexity index is 2230. The van der Waals surface area contributed by atoms with Gasteiger partial charge in [0.25, 0.3) is 0 Å². The van der Waals surface area contributed by atoms with E-state index < -0.39 is 97.5 Å². The minimum Gasteiger partial charge on any atom is -0.462 e. The van der Waals surface area contributed by atoms with Gasteiger partial charge in [0.1, 0.15) is 19.3 Å². The molecule has 0 amide bonds. The molecule has 0 heterocycles. The number of carbonyl (C=O) groups is 4. The number of aliphatic hydroxyl groups is 1. The molecule has 0 saturated carbocycles. The van der Waals surface area contributed by atoms with E-state index >= 15 is 0 Å². The summed E-state index contributed by atoms with van der Waals surface area (Å²) in [5.41, 5.74) is 0. The van der Waals surface area contributed by atoms with Crippen LogP contribution in [0.25, 0.3) is 0 Å². The number of esters is 4. The van der Waals surface area contributed by atoms with E-state index in [2.05, 4.69) is 113 Å². The fourth-order valence-corrected chi connectivity index (χ4v) is 12.3. The third kappa shape index (κ3) is 72.6. The first-order chi connectivity index (χ1) is 48.7. The third-order valence-electron chi connectivity index (χ3n) is 16.8. The van der Waals surface area contributed by atoms with Crippen LogP contribution in [0, 0.1) is 0 Å². The smallest absolute Gasteiger partial charge is 0.462 e. The van der Waals surface area contributed by atoms with Gasteiger partial charge in [-0.3, -0.25) is 37.3 Å². The van der Waals surface area contributed by atoms with Gasteiger partial charge >= 0.3 is 39.5 Å². The molecule has 0 aromatic carbocycles. The molecule has 0 saturated heterocycles. The number of carbonyl (C=O) groups excluding carboxylic acids is 4. The number of unbranched alkanes of at least 4 members (excludes halogenated alkanes) is 36. The molecular formula is C81H144O17P2. The van der Waals surface area contributed by atoms with E-state index in [1.807, 2.05) is 0 Å². The summed E-state index contributed by atoms with van der Waals surface area (Å²) in [6.07, 6.45) is 75.5. The zero-order chi connectivity index (χ0) is 73.2. The molecule has 0 spiro atoms. The second-order valence-corrected chi connectivity index (χ2v) is 29.6. The number of phosphoric ester groups is 2. The molecule has 580 valence electrons. The Morgan fingerprint density at radius 2 is 0.520 bits per heavy atom. The SMILES string of the molecule is CCCCC/C=C\C/C=C\CCCCCCCC(=O)OC[C@H](COP(=O)(O)OC[C@@H](O)COP(=O)(O)OC[C@@H](COC(=O)CCCCCCC/C=C\C/C=C\CCCCC)OC(=O)CCCCCCC/C=C\CCCCCCCC)OC(=O)CCCCCCC/C=C\C=C/CCCCCC. The predicted octanol–water partition coefficient (Wildman–Crippen LogP) is 23.0. The molecule has 0 radical (unpaired) electrons. The van der Waals surface area contributed by atoms with Crippen LogP contribution >= 0.6 is 15.6 Å². The summed E-state index contributed by atoms with van der Waals surface area (Å²) in [5.74, 6) is -2.21. The number of rotatable bonds is 75. The second-order valence-electron chi connectivity index (χ2n) is 26.7. The zero-order valence-corrected chi connectivity index (χ0v) is 65.2. The number of allylic oxidation sites excluding steroid dienone is 14. The molecular weight excluding hydrogens is 1310 g/mol. The molecule has 2 unspecified atom stereocenters. The van der Waals surface area contributed by atoms with Crippen LogP contribution in [0.4, 0.5) is 0 Å². The van der Waals surface area contributed by atoms with Gasteiger partial charge in [-0.2, -0.15) is 0 Å². The quantitative estimate of drug-likeness (QED) is 0.0128. The maximum Gasteiger partial charge on any atom is 0.472 e. The number of aliphatic hydroxyl groups excluding tert-OH is 1. The van der Waals surface area contributed by atoms with Gasteiger partial charge in [0.15, 0.2) is 12.2 Å². The minimum absolute atomic E-state index is 0.0753. The van der Waals surface area contributed by atoms with Crippen LogP contribution in [-0.4, -0.2) is 96.7 Å². The molecule has 3 N–H and O–H groups in total. The van der Waals surface area contributed by atoms with Crippen LogP contribution in [0.5, 0.6) is 0 Å². The van der Waals surface area contributed by atoms with Gasteiger partial charge in [-0.15, -0.1) is 0 Å². The van der Waals surface area contributed by atoms with Crippen molar-refractivity contribution in [2.24, 2.45) is 0 Å². The summed E-state index contributed by atoms with van der Waals surface area (Å²) < 4.78 is 68.6. The van der Waals surface area contributed by atoms with E-state index in [1.165, 1.54) is 103 Å². The Morgan fingerprint density at radius 3 is 0.840 bits per heavy atom. The van der Waals surface area contributed by atoms with E-state index in [0.29, 0.717) is 25.7 Å². The molecule has 0 fully saturated rings. The number of phosphoric acid groups is 2. The van der Waals surface area contributed by atoms with Crippen molar-refractivity contribution < 1.29 is 80.2 Å². The Kier molecular flexibility index (Phi) is 70.8. The minimum atomic E-state index is -4.98. The van der Waals surface area contributed by atoms with Gasteiger partial charge in [-0.25, -0.2) is 9.13 Å². The van der Waals surface area contributed by atoms with Crippen molar-refractivity contribution in [1.29, 1.82) is 0 Å². The van der Waals surface area contributed by atoms with Crippen molar-refractivity contribution in [2.75, 3.05) is 39.6 Å². The van der Waals surface area contributed by atoms with E-state index in [-0.39, 0.29) is 25.7 Å². The molecule has 0 aromatic rings. The first-order valence-electron chi connectivity index (χ1n) is 39.8. The standard InChI is InChI=1S/C81H144O17P2/c1-5-9-13-17-21-25-29-33-37-41-45-49-53-57-61-65-78(83)91-71-76(97-80(85)67-63-59-55-51-47-43-39-35-31-27-23-19-15-11-7-3)73-95-99(87,88)93-69-75(82)70-94-100(89,90)96-74-77(98-81(86)68-64-60-56-52-48-44-40-36-32-28-24-20-16-12-8-4)72-92-79(84)66-62-58-54-50-46-42-38-34-30-26-22-18-14-10-6-2/h21-22,25-27,31,33-40,75-77,82H,5-20,23-24,28-30,32,41-74H2,1-4H3,(H,87,88)(H,89,90)/b25-21-,26-22-,31-27-,37-33-,38-34-,39-35-,40-36-/t75-,76-,77-/m1/s1. The molecule has 17 nitrogen and oxygen atoms in total. The Hall–Kier alpha value is -3.76. The van der Waals surface area contributed by atoms with Crippen LogP contribution in [0.3, 0.4) is 0 Å². The topological polar surface area (TPSA) is 237 Å². The maximum absolute atomic E-state index is 13.1. The second kappa shape index (κ2) is 73.5. The average Bonchev–Trinajstić information content (AvgIpc) is 1.01. The summed E-state index contributed by atoms with van der Waals surface area (Å²) in [6, 6.07) is 0. The maximum atomic E-state index is 13.1. The molecule has 0 aliphatic heterocycles. The fourth-order valence-electron chi connectivity index (χ4n) is 10.7. The van der Waals surface area contributed by atoms with Crippen LogP contribution in [0.15, 0.2) is 85.1 Å².